The third kappa shape index (κ3) is 4.85. The maximum absolute atomic E-state index is 12.7. The molecule has 0 spiro atoms. The van der Waals surface area contributed by atoms with Crippen LogP contribution in [0.3, 0.4) is 0 Å². The first-order chi connectivity index (χ1) is 14.2. The molecule has 2 aromatic rings. The van der Waals surface area contributed by atoms with Gasteiger partial charge < -0.3 is 19.7 Å². The molecule has 1 aliphatic heterocycles. The molecule has 1 fully saturated rings. The van der Waals surface area contributed by atoms with Crippen LogP contribution in [-0.2, 0) is 28.9 Å². The van der Waals surface area contributed by atoms with Gasteiger partial charge in [0.2, 0.25) is 11.9 Å². The van der Waals surface area contributed by atoms with Crippen molar-refractivity contribution in [2.24, 2.45) is 5.92 Å². The Morgan fingerprint density at radius 2 is 2.21 bits per heavy atom. The smallest absolute Gasteiger partial charge is 0.225 e. The summed E-state index contributed by atoms with van der Waals surface area (Å²) in [6, 6.07) is 7.85. The number of morpholine rings is 1. The Balaban J connectivity index is 1.34. The van der Waals surface area contributed by atoms with Crippen LogP contribution in [0.1, 0.15) is 30.2 Å². The molecule has 1 aromatic heterocycles. The van der Waals surface area contributed by atoms with E-state index in [2.05, 4.69) is 15.2 Å². The van der Waals surface area contributed by atoms with Gasteiger partial charge in [0, 0.05) is 37.4 Å². The quantitative estimate of drug-likeness (QED) is 0.806. The molecule has 2 aliphatic rings. The fraction of sp³-hybridized carbons (Fsp3) is 0.500. The summed E-state index contributed by atoms with van der Waals surface area (Å²) in [5.74, 6) is 1.67. The summed E-state index contributed by atoms with van der Waals surface area (Å²) >= 11 is 0. The van der Waals surface area contributed by atoms with E-state index < -0.39 is 0 Å². The van der Waals surface area contributed by atoms with Crippen LogP contribution in [-0.4, -0.2) is 48.8 Å². The molecule has 7 nitrogen and oxygen atoms in total. The zero-order valence-electron chi connectivity index (χ0n) is 16.9. The molecule has 0 saturated carbocycles. The van der Waals surface area contributed by atoms with Crippen molar-refractivity contribution in [3.05, 3.63) is 47.3 Å². The van der Waals surface area contributed by atoms with Crippen LogP contribution in [0.15, 0.2) is 30.5 Å². The van der Waals surface area contributed by atoms with Crippen molar-refractivity contribution < 1.29 is 14.3 Å². The molecule has 7 heteroatoms. The number of hydrogen-bond donors (Lipinski definition) is 1. The number of nitrogens with zero attached hydrogens (tertiary/aromatic N) is 3. The van der Waals surface area contributed by atoms with Gasteiger partial charge in [-0.05, 0) is 49.4 Å². The Bertz CT molecular complexity index is 852. The lowest BCUT2D eigenvalue weighted by Crippen LogP contribution is -2.38. The van der Waals surface area contributed by atoms with E-state index in [1.807, 2.05) is 37.4 Å². The summed E-state index contributed by atoms with van der Waals surface area (Å²) in [5, 5.41) is 3.07. The van der Waals surface area contributed by atoms with E-state index in [0.29, 0.717) is 19.6 Å². The fourth-order valence-electron chi connectivity index (χ4n) is 3.88. The SMILES string of the molecule is CCOc1cccc(CNC(=O)[C@H]2CCc3nc(N4CCOCC4)ncc3C2)c1. The van der Waals surface area contributed by atoms with E-state index in [1.165, 1.54) is 0 Å². The van der Waals surface area contributed by atoms with Crippen molar-refractivity contribution in [1.82, 2.24) is 15.3 Å². The van der Waals surface area contributed by atoms with Crippen LogP contribution >= 0.6 is 0 Å². The van der Waals surface area contributed by atoms with Crippen molar-refractivity contribution in [3.8, 4) is 5.75 Å². The van der Waals surface area contributed by atoms with Crippen molar-refractivity contribution in [2.45, 2.75) is 32.7 Å². The first-order valence-corrected chi connectivity index (χ1v) is 10.4. The number of fused-ring (bicyclic) bond motifs is 1. The number of rotatable bonds is 6. The number of aromatic nitrogens is 2. The predicted molar refractivity (Wildman–Crippen MR) is 110 cm³/mol. The molecule has 1 amide bonds. The molecule has 4 rings (SSSR count). The summed E-state index contributed by atoms with van der Waals surface area (Å²) in [4.78, 5) is 24.2. The second-order valence-electron chi connectivity index (χ2n) is 7.48. The van der Waals surface area contributed by atoms with Gasteiger partial charge in [-0.2, -0.15) is 0 Å². The van der Waals surface area contributed by atoms with Gasteiger partial charge in [0.25, 0.3) is 0 Å². The van der Waals surface area contributed by atoms with E-state index in [-0.39, 0.29) is 11.8 Å². The number of hydrogen-bond acceptors (Lipinski definition) is 6. The molecule has 1 aliphatic carbocycles. The lowest BCUT2D eigenvalue weighted by atomic mass is 9.86. The predicted octanol–water partition coefficient (Wildman–Crippen LogP) is 2.13. The van der Waals surface area contributed by atoms with Crippen LogP contribution in [0.25, 0.3) is 0 Å². The maximum Gasteiger partial charge on any atom is 0.225 e. The Morgan fingerprint density at radius 3 is 3.03 bits per heavy atom. The summed E-state index contributed by atoms with van der Waals surface area (Å²) < 4.78 is 10.9. The molecule has 1 atom stereocenters. The molecule has 2 heterocycles. The van der Waals surface area contributed by atoms with Crippen LogP contribution in [0.5, 0.6) is 5.75 Å². The van der Waals surface area contributed by atoms with Crippen LogP contribution < -0.4 is 15.0 Å². The molecule has 1 saturated heterocycles. The van der Waals surface area contributed by atoms with E-state index in [9.17, 15) is 4.79 Å². The third-order valence-electron chi connectivity index (χ3n) is 5.48. The van der Waals surface area contributed by atoms with Crippen LogP contribution in [0.2, 0.25) is 0 Å². The first kappa shape index (κ1) is 19.6. The number of anilines is 1. The number of nitrogens with one attached hydrogen (secondary N) is 1. The first-order valence-electron chi connectivity index (χ1n) is 10.4. The molecule has 154 valence electrons. The van der Waals surface area contributed by atoms with Crippen molar-refractivity contribution in [1.29, 1.82) is 0 Å². The lowest BCUT2D eigenvalue weighted by molar-refractivity contribution is -0.125. The molecule has 1 N–H and O–H groups in total. The average Bonchev–Trinajstić information content (AvgIpc) is 2.78. The van der Waals surface area contributed by atoms with Gasteiger partial charge in [0.15, 0.2) is 0 Å². The molecule has 29 heavy (non-hydrogen) atoms. The lowest BCUT2D eigenvalue weighted by Gasteiger charge is -2.28. The monoisotopic (exact) mass is 396 g/mol. The topological polar surface area (TPSA) is 76.6 Å². The number of aryl methyl sites for hydroxylation is 1. The maximum atomic E-state index is 12.7. The van der Waals surface area contributed by atoms with Gasteiger partial charge in [-0.3, -0.25) is 4.79 Å². The van der Waals surface area contributed by atoms with Gasteiger partial charge in [0.05, 0.1) is 19.8 Å². The van der Waals surface area contributed by atoms with Crippen LogP contribution in [0.4, 0.5) is 5.95 Å². The Morgan fingerprint density at radius 1 is 1.34 bits per heavy atom. The number of ether oxygens (including phenoxy) is 2. The molecule has 0 radical (unpaired) electrons. The summed E-state index contributed by atoms with van der Waals surface area (Å²) in [6.45, 7) is 6.19. The number of carbonyl (C=O) groups excluding carboxylic acids is 1. The van der Waals surface area contributed by atoms with Crippen LogP contribution in [0, 0.1) is 5.92 Å². The second kappa shape index (κ2) is 9.22. The highest BCUT2D eigenvalue weighted by atomic mass is 16.5. The number of amides is 1. The van der Waals surface area contributed by atoms with E-state index in [4.69, 9.17) is 14.5 Å². The van der Waals surface area contributed by atoms with E-state index in [1.54, 1.807) is 0 Å². The molecular weight excluding hydrogens is 368 g/mol. The average molecular weight is 396 g/mol. The van der Waals surface area contributed by atoms with Gasteiger partial charge in [0.1, 0.15) is 5.75 Å². The minimum Gasteiger partial charge on any atom is -0.494 e. The Hall–Kier alpha value is -2.67. The van der Waals surface area contributed by atoms with Gasteiger partial charge >= 0.3 is 0 Å². The standard InChI is InChI=1S/C22H28N4O3/c1-2-29-19-5-3-4-16(12-19)14-23-21(27)17-6-7-20-18(13-17)15-24-22(25-20)26-8-10-28-11-9-26/h3-5,12,15,17H,2,6-11,13-14H2,1H3,(H,23,27)/t17-/m0/s1. The number of carbonyl (C=O) groups is 1. The van der Waals surface area contributed by atoms with Crippen molar-refractivity contribution in [3.63, 3.8) is 0 Å². The second-order valence-corrected chi connectivity index (χ2v) is 7.48. The molecular formula is C22H28N4O3. The highest BCUT2D eigenvalue weighted by Crippen LogP contribution is 2.26. The molecule has 0 unspecified atom stereocenters. The van der Waals surface area contributed by atoms with Gasteiger partial charge in [-0.15, -0.1) is 0 Å². The van der Waals surface area contributed by atoms with Crippen molar-refractivity contribution >= 4 is 11.9 Å². The Labute approximate surface area is 171 Å². The minimum atomic E-state index is -0.0320. The minimum absolute atomic E-state index is 0.0320. The van der Waals surface area contributed by atoms with Gasteiger partial charge in [-0.1, -0.05) is 12.1 Å². The van der Waals surface area contributed by atoms with E-state index >= 15 is 0 Å². The van der Waals surface area contributed by atoms with Crippen molar-refractivity contribution in [2.75, 3.05) is 37.8 Å². The molecule has 0 bridgehead atoms. The van der Waals surface area contributed by atoms with Gasteiger partial charge in [-0.25, -0.2) is 9.97 Å². The highest BCUT2D eigenvalue weighted by Gasteiger charge is 2.26. The number of benzene rings is 1. The largest absolute Gasteiger partial charge is 0.494 e. The van der Waals surface area contributed by atoms with E-state index in [0.717, 1.165) is 67.7 Å². The molecule has 1 aromatic carbocycles. The summed E-state index contributed by atoms with van der Waals surface area (Å²) in [6.07, 6.45) is 4.23. The summed E-state index contributed by atoms with van der Waals surface area (Å²) in [7, 11) is 0. The third-order valence-corrected chi connectivity index (χ3v) is 5.48. The highest BCUT2D eigenvalue weighted by molar-refractivity contribution is 5.79. The normalized spacial score (nSPS) is 18.8. The zero-order chi connectivity index (χ0) is 20.1. The Kier molecular flexibility index (Phi) is 6.24. The summed E-state index contributed by atoms with van der Waals surface area (Å²) in [5.41, 5.74) is 3.21. The fourth-order valence-corrected chi connectivity index (χ4v) is 3.88. The zero-order valence-corrected chi connectivity index (χ0v) is 16.9.